The van der Waals surface area contributed by atoms with Crippen LogP contribution in [0.3, 0.4) is 0 Å². The molecule has 0 spiro atoms. The summed E-state index contributed by atoms with van der Waals surface area (Å²) in [5.74, 6) is -0.509. The fourth-order valence-electron chi connectivity index (χ4n) is 5.42. The molecule has 0 aliphatic rings. The second-order valence-corrected chi connectivity index (χ2v) is 12.0. The smallest absolute Gasteiger partial charge is 0.338 e. The summed E-state index contributed by atoms with van der Waals surface area (Å²) in [6.45, 7) is 5.44. The van der Waals surface area contributed by atoms with Crippen molar-refractivity contribution in [3.8, 4) is 22.3 Å². The van der Waals surface area contributed by atoms with E-state index in [-0.39, 0.29) is 11.9 Å². The predicted octanol–water partition coefficient (Wildman–Crippen LogP) is 11.6. The highest BCUT2D eigenvalue weighted by molar-refractivity contribution is 5.91. The molecule has 3 aromatic carbocycles. The molecule has 0 aliphatic heterocycles. The average Bonchev–Trinajstić information content (AvgIpc) is 3.07. The van der Waals surface area contributed by atoms with Gasteiger partial charge in [-0.2, -0.15) is 0 Å². The Labute approximate surface area is 266 Å². The normalized spacial score (nSPS) is 11.0. The Morgan fingerprint density at radius 2 is 0.636 bits per heavy atom. The first-order chi connectivity index (χ1) is 21.6. The second kappa shape index (κ2) is 21.3. The molecule has 0 unspecified atom stereocenters. The molecule has 4 heteroatoms. The molecule has 0 heterocycles. The minimum absolute atomic E-state index is 0.254. The van der Waals surface area contributed by atoms with E-state index in [2.05, 4.69) is 38.1 Å². The number of carbonyl (C=O) groups excluding carboxylic acids is 2. The molecule has 238 valence electrons. The van der Waals surface area contributed by atoms with Crippen molar-refractivity contribution in [1.29, 1.82) is 0 Å². The van der Waals surface area contributed by atoms with Crippen LogP contribution in [0.15, 0.2) is 72.8 Å². The maximum absolute atomic E-state index is 12.4. The standard InChI is InChI=1S/C40H54O4/c1-3-5-7-9-11-13-15-17-31-43-39(41)37-27-23-35(24-28-37)33-19-21-34(22-20-33)36-25-29-38(30-26-36)40(42)44-32-18-16-14-12-10-8-6-4-2/h19-30H,3-18,31-32H2,1-2H3. The molecule has 0 fully saturated rings. The lowest BCUT2D eigenvalue weighted by molar-refractivity contribution is 0.0488. The third-order valence-corrected chi connectivity index (χ3v) is 8.25. The molecule has 0 atom stereocenters. The van der Waals surface area contributed by atoms with Gasteiger partial charge in [-0.25, -0.2) is 9.59 Å². The SMILES string of the molecule is CCCCCCCCCCOC(=O)c1ccc(-c2ccc(-c3ccc(C(=O)OCCCCCCCCCC)cc3)cc2)cc1. The van der Waals surface area contributed by atoms with Gasteiger partial charge in [0.15, 0.2) is 0 Å². The lowest BCUT2D eigenvalue weighted by Gasteiger charge is -2.08. The average molecular weight is 599 g/mol. The topological polar surface area (TPSA) is 52.6 Å². The van der Waals surface area contributed by atoms with E-state index in [9.17, 15) is 9.59 Å². The number of esters is 2. The zero-order valence-corrected chi connectivity index (χ0v) is 27.3. The van der Waals surface area contributed by atoms with Crippen LogP contribution < -0.4 is 0 Å². The molecule has 0 aromatic heterocycles. The molecule has 0 radical (unpaired) electrons. The second-order valence-electron chi connectivity index (χ2n) is 12.0. The largest absolute Gasteiger partial charge is 0.462 e. The molecule has 0 N–H and O–H groups in total. The van der Waals surface area contributed by atoms with E-state index in [1.54, 1.807) is 0 Å². The van der Waals surface area contributed by atoms with Crippen molar-refractivity contribution >= 4 is 11.9 Å². The molecule has 4 nitrogen and oxygen atoms in total. The van der Waals surface area contributed by atoms with Crippen LogP contribution >= 0.6 is 0 Å². The number of ether oxygens (including phenoxy) is 2. The van der Waals surface area contributed by atoms with Crippen LogP contribution in [-0.4, -0.2) is 25.2 Å². The summed E-state index contributed by atoms with van der Waals surface area (Å²) in [7, 11) is 0. The summed E-state index contributed by atoms with van der Waals surface area (Å²) >= 11 is 0. The van der Waals surface area contributed by atoms with Gasteiger partial charge < -0.3 is 9.47 Å². The maximum Gasteiger partial charge on any atom is 0.338 e. The zero-order valence-electron chi connectivity index (χ0n) is 27.3. The third kappa shape index (κ3) is 13.1. The quantitative estimate of drug-likeness (QED) is 0.0852. The predicted molar refractivity (Wildman–Crippen MR) is 183 cm³/mol. The van der Waals surface area contributed by atoms with Gasteiger partial charge in [-0.3, -0.25) is 0 Å². The van der Waals surface area contributed by atoms with Crippen LogP contribution in [-0.2, 0) is 9.47 Å². The van der Waals surface area contributed by atoms with E-state index in [0.29, 0.717) is 24.3 Å². The van der Waals surface area contributed by atoms with Gasteiger partial charge in [0.25, 0.3) is 0 Å². The van der Waals surface area contributed by atoms with Gasteiger partial charge in [0.2, 0.25) is 0 Å². The molecule has 0 saturated carbocycles. The number of benzene rings is 3. The number of carbonyl (C=O) groups is 2. The molecule has 0 aliphatic carbocycles. The molecular formula is C40H54O4. The van der Waals surface area contributed by atoms with Crippen molar-refractivity contribution in [3.63, 3.8) is 0 Å². The first kappa shape index (κ1) is 35.1. The Bertz CT molecular complexity index is 1100. The van der Waals surface area contributed by atoms with Gasteiger partial charge >= 0.3 is 11.9 Å². The molecule has 0 amide bonds. The summed E-state index contributed by atoms with van der Waals surface area (Å²) in [4.78, 5) is 24.9. The van der Waals surface area contributed by atoms with E-state index in [4.69, 9.17) is 9.47 Å². The van der Waals surface area contributed by atoms with Crippen LogP contribution in [0.25, 0.3) is 22.3 Å². The summed E-state index contributed by atoms with van der Waals surface area (Å²) in [5, 5.41) is 0. The number of hydrogen-bond acceptors (Lipinski definition) is 4. The van der Waals surface area contributed by atoms with Gasteiger partial charge in [-0.15, -0.1) is 0 Å². The number of rotatable bonds is 22. The lowest BCUT2D eigenvalue weighted by atomic mass is 9.99. The van der Waals surface area contributed by atoms with Crippen molar-refractivity contribution in [3.05, 3.63) is 83.9 Å². The minimum atomic E-state index is -0.254. The van der Waals surface area contributed by atoms with Crippen molar-refractivity contribution in [2.45, 2.75) is 117 Å². The van der Waals surface area contributed by atoms with Gasteiger partial charge in [0.1, 0.15) is 0 Å². The van der Waals surface area contributed by atoms with Crippen molar-refractivity contribution < 1.29 is 19.1 Å². The van der Waals surface area contributed by atoms with Crippen molar-refractivity contribution in [1.82, 2.24) is 0 Å². The van der Waals surface area contributed by atoms with E-state index < -0.39 is 0 Å². The van der Waals surface area contributed by atoms with Crippen molar-refractivity contribution in [2.75, 3.05) is 13.2 Å². The summed E-state index contributed by atoms with van der Waals surface area (Å²) in [6.07, 6.45) is 19.6. The lowest BCUT2D eigenvalue weighted by Crippen LogP contribution is -2.06. The third-order valence-electron chi connectivity index (χ3n) is 8.25. The zero-order chi connectivity index (χ0) is 31.2. The summed E-state index contributed by atoms with van der Waals surface area (Å²) in [5.41, 5.74) is 5.42. The maximum atomic E-state index is 12.4. The highest BCUT2D eigenvalue weighted by atomic mass is 16.5. The van der Waals surface area contributed by atoms with Crippen LogP contribution in [0.4, 0.5) is 0 Å². The van der Waals surface area contributed by atoms with Crippen LogP contribution in [0.1, 0.15) is 137 Å². The Morgan fingerprint density at radius 1 is 0.386 bits per heavy atom. The minimum Gasteiger partial charge on any atom is -0.462 e. The fourth-order valence-corrected chi connectivity index (χ4v) is 5.42. The number of unbranched alkanes of at least 4 members (excludes halogenated alkanes) is 14. The fraction of sp³-hybridized carbons (Fsp3) is 0.500. The van der Waals surface area contributed by atoms with Crippen LogP contribution in [0, 0.1) is 0 Å². The van der Waals surface area contributed by atoms with E-state index in [0.717, 1.165) is 47.9 Å². The first-order valence-electron chi connectivity index (χ1n) is 17.3. The molecule has 3 rings (SSSR count). The number of hydrogen-bond donors (Lipinski definition) is 0. The van der Waals surface area contributed by atoms with Crippen LogP contribution in [0.2, 0.25) is 0 Å². The highest BCUT2D eigenvalue weighted by Crippen LogP contribution is 2.26. The highest BCUT2D eigenvalue weighted by Gasteiger charge is 2.09. The molecule has 44 heavy (non-hydrogen) atoms. The summed E-state index contributed by atoms with van der Waals surface area (Å²) in [6, 6.07) is 23.5. The van der Waals surface area contributed by atoms with E-state index >= 15 is 0 Å². The monoisotopic (exact) mass is 598 g/mol. The Morgan fingerprint density at radius 3 is 0.932 bits per heavy atom. The van der Waals surface area contributed by atoms with E-state index in [1.807, 2.05) is 48.5 Å². The van der Waals surface area contributed by atoms with Gasteiger partial charge in [-0.1, -0.05) is 152 Å². The van der Waals surface area contributed by atoms with Gasteiger partial charge in [0.05, 0.1) is 24.3 Å². The Balaban J connectivity index is 1.38. The van der Waals surface area contributed by atoms with Crippen LogP contribution in [0.5, 0.6) is 0 Å². The molecule has 0 saturated heterocycles. The van der Waals surface area contributed by atoms with Gasteiger partial charge in [0, 0.05) is 0 Å². The first-order valence-corrected chi connectivity index (χ1v) is 17.3. The van der Waals surface area contributed by atoms with E-state index in [1.165, 1.54) is 77.0 Å². The van der Waals surface area contributed by atoms with Gasteiger partial charge in [-0.05, 0) is 59.4 Å². The molecular weight excluding hydrogens is 544 g/mol. The Hall–Kier alpha value is -3.40. The molecule has 3 aromatic rings. The summed E-state index contributed by atoms with van der Waals surface area (Å²) < 4.78 is 11.0. The molecule has 0 bridgehead atoms. The Kier molecular flexibility index (Phi) is 17.0. The van der Waals surface area contributed by atoms with Crippen molar-refractivity contribution in [2.24, 2.45) is 0 Å².